The molecule has 1 saturated carbocycles. The third kappa shape index (κ3) is 3.72. The summed E-state index contributed by atoms with van der Waals surface area (Å²) in [6.45, 7) is 3.27. The van der Waals surface area contributed by atoms with Gasteiger partial charge in [-0.2, -0.15) is 0 Å². The smallest absolute Gasteiger partial charge is 0.549 e. The third-order valence-corrected chi connectivity index (χ3v) is 4.10. The van der Waals surface area contributed by atoms with Gasteiger partial charge in [0.15, 0.2) is 0 Å². The number of carboxylic acids is 1. The molecule has 4 heteroatoms. The Morgan fingerprint density at radius 2 is 1.90 bits per heavy atom. The first-order valence-corrected chi connectivity index (χ1v) is 6.75. The van der Waals surface area contributed by atoms with Crippen molar-refractivity contribution in [1.29, 1.82) is 0 Å². The van der Waals surface area contributed by atoms with Gasteiger partial charge in [0.1, 0.15) is 5.78 Å². The molecule has 0 spiro atoms. The van der Waals surface area contributed by atoms with E-state index in [0.717, 1.165) is 30.4 Å². The molecule has 0 aromatic heterocycles. The summed E-state index contributed by atoms with van der Waals surface area (Å²) in [6, 6.07) is 7.49. The first-order valence-electron chi connectivity index (χ1n) is 6.75. The minimum Gasteiger partial charge on any atom is -0.549 e. The van der Waals surface area contributed by atoms with Gasteiger partial charge in [0.2, 0.25) is 0 Å². The largest absolute Gasteiger partial charge is 1.00 e. The Hall–Kier alpha value is -0.640. The Labute approximate surface area is 142 Å². The molecule has 1 fully saturated rings. The molecule has 3 nitrogen and oxygen atoms in total. The molecule has 1 aliphatic carbocycles. The van der Waals surface area contributed by atoms with Crippen LogP contribution >= 0.6 is 0 Å². The number of benzene rings is 1. The summed E-state index contributed by atoms with van der Waals surface area (Å²) < 4.78 is 0. The van der Waals surface area contributed by atoms with E-state index in [9.17, 15) is 14.7 Å². The quantitative estimate of drug-likeness (QED) is 0.640. The molecule has 0 radical (unpaired) electrons. The van der Waals surface area contributed by atoms with Crippen molar-refractivity contribution in [3.8, 4) is 0 Å². The topological polar surface area (TPSA) is 57.2 Å². The Bertz CT molecular complexity index is 491. The van der Waals surface area contributed by atoms with Crippen LogP contribution in [0.4, 0.5) is 0 Å². The zero-order valence-electron chi connectivity index (χ0n) is 12.4. The average Bonchev–Trinajstić information content (AvgIpc) is 2.75. The molecule has 0 saturated heterocycles. The molecule has 1 aromatic rings. The average molecular weight is 282 g/mol. The summed E-state index contributed by atoms with van der Waals surface area (Å²) in [5, 5.41) is 11.1. The Balaban J connectivity index is 0.00000200. The van der Waals surface area contributed by atoms with Crippen molar-refractivity contribution in [2.75, 3.05) is 0 Å². The minimum atomic E-state index is -1.08. The van der Waals surface area contributed by atoms with E-state index in [-0.39, 0.29) is 35.5 Å². The van der Waals surface area contributed by atoms with Crippen molar-refractivity contribution >= 4 is 11.8 Å². The van der Waals surface area contributed by atoms with Crippen molar-refractivity contribution in [2.45, 2.75) is 44.9 Å². The van der Waals surface area contributed by atoms with Crippen LogP contribution in [0.3, 0.4) is 0 Å². The van der Waals surface area contributed by atoms with Crippen LogP contribution in [0.1, 0.15) is 44.2 Å². The van der Waals surface area contributed by atoms with Crippen LogP contribution in [-0.4, -0.2) is 11.8 Å². The predicted molar refractivity (Wildman–Crippen MR) is 70.5 cm³/mol. The van der Waals surface area contributed by atoms with Crippen molar-refractivity contribution in [3.63, 3.8) is 0 Å². The van der Waals surface area contributed by atoms with E-state index in [4.69, 9.17) is 0 Å². The first kappa shape index (κ1) is 17.4. The summed E-state index contributed by atoms with van der Waals surface area (Å²) in [4.78, 5) is 22.7. The molecule has 1 aliphatic rings. The number of carboxylic acid groups (broad SMARTS) is 1. The fourth-order valence-corrected chi connectivity index (χ4v) is 2.56. The number of aliphatic carboxylic acids is 1. The van der Waals surface area contributed by atoms with Crippen LogP contribution in [0.15, 0.2) is 24.3 Å². The van der Waals surface area contributed by atoms with Crippen molar-refractivity contribution in [3.05, 3.63) is 35.4 Å². The number of ketones is 1. The molecule has 0 amide bonds. The molecule has 1 aromatic carbocycles. The second-order valence-corrected chi connectivity index (χ2v) is 5.87. The fourth-order valence-electron chi connectivity index (χ4n) is 2.56. The van der Waals surface area contributed by atoms with Gasteiger partial charge < -0.3 is 9.90 Å². The van der Waals surface area contributed by atoms with E-state index in [1.165, 1.54) is 0 Å². The second kappa shape index (κ2) is 6.88. The summed E-state index contributed by atoms with van der Waals surface area (Å²) in [5.74, 6) is -0.564. The number of Topliss-reactive ketones (excluding diaryl/α,β-unsaturated/α-hetero) is 1. The Morgan fingerprint density at radius 3 is 2.35 bits per heavy atom. The van der Waals surface area contributed by atoms with Crippen LogP contribution in [-0.2, 0) is 21.4 Å². The fraction of sp³-hybridized carbons (Fsp3) is 0.500. The van der Waals surface area contributed by atoms with E-state index in [0.29, 0.717) is 12.2 Å². The zero-order chi connectivity index (χ0) is 14.0. The molecule has 20 heavy (non-hydrogen) atoms. The monoisotopic (exact) mass is 282 g/mol. The molecule has 0 N–H and O–H groups in total. The molecule has 1 unspecified atom stereocenters. The summed E-state index contributed by atoms with van der Waals surface area (Å²) in [5.41, 5.74) is 0.842. The van der Waals surface area contributed by atoms with Gasteiger partial charge >= 0.3 is 29.6 Å². The summed E-state index contributed by atoms with van der Waals surface area (Å²) in [6.07, 6.45) is 3.45. The standard InChI is InChI=1S/C16H20O3.Na/c1-16(2,15(18)19)13-8-6-11(7-9-13)10-12-4-3-5-14(12)17;/h6-9,12H,3-5,10H2,1-2H3,(H,18,19);/q;+1/p-1. The van der Waals surface area contributed by atoms with Gasteiger partial charge in [0.05, 0.1) is 5.97 Å². The number of carbonyl (C=O) groups is 2. The van der Waals surface area contributed by atoms with E-state index in [1.54, 1.807) is 13.8 Å². The molecule has 0 bridgehead atoms. The van der Waals surface area contributed by atoms with Crippen molar-refractivity contribution in [2.24, 2.45) is 5.92 Å². The molecular weight excluding hydrogens is 263 g/mol. The maximum atomic E-state index is 11.6. The van der Waals surface area contributed by atoms with Crippen LogP contribution in [0, 0.1) is 5.92 Å². The van der Waals surface area contributed by atoms with Crippen LogP contribution in [0.2, 0.25) is 0 Å². The van der Waals surface area contributed by atoms with Gasteiger partial charge in [-0.25, -0.2) is 0 Å². The van der Waals surface area contributed by atoms with Crippen LogP contribution in [0.5, 0.6) is 0 Å². The van der Waals surface area contributed by atoms with Gasteiger partial charge in [-0.15, -0.1) is 0 Å². The van der Waals surface area contributed by atoms with Gasteiger partial charge in [-0.3, -0.25) is 4.79 Å². The Kier molecular flexibility index (Phi) is 5.99. The van der Waals surface area contributed by atoms with Crippen molar-refractivity contribution in [1.82, 2.24) is 0 Å². The predicted octanol–water partition coefficient (Wildman–Crippen LogP) is -1.37. The van der Waals surface area contributed by atoms with Crippen molar-refractivity contribution < 1.29 is 44.3 Å². The van der Waals surface area contributed by atoms with E-state index in [2.05, 4.69) is 0 Å². The van der Waals surface area contributed by atoms with E-state index < -0.39 is 11.4 Å². The minimum absolute atomic E-state index is 0. The normalized spacial score (nSPS) is 18.7. The number of carbonyl (C=O) groups excluding carboxylic acids is 2. The number of rotatable bonds is 4. The molecule has 0 aliphatic heterocycles. The van der Waals surface area contributed by atoms with E-state index >= 15 is 0 Å². The van der Waals surface area contributed by atoms with Crippen LogP contribution in [0.25, 0.3) is 0 Å². The van der Waals surface area contributed by atoms with Gasteiger partial charge in [-0.1, -0.05) is 38.1 Å². The first-order chi connectivity index (χ1) is 8.91. The SMILES string of the molecule is CC(C)(C(=O)[O-])c1ccc(CC2CCCC2=O)cc1.[Na+]. The number of hydrogen-bond donors (Lipinski definition) is 0. The molecule has 0 heterocycles. The van der Waals surface area contributed by atoms with E-state index in [1.807, 2.05) is 24.3 Å². The molecule has 102 valence electrons. The molecular formula is C16H19NaO3. The summed E-state index contributed by atoms with van der Waals surface area (Å²) in [7, 11) is 0. The van der Waals surface area contributed by atoms with Gasteiger partial charge in [0.25, 0.3) is 0 Å². The zero-order valence-corrected chi connectivity index (χ0v) is 14.4. The molecule has 2 rings (SSSR count). The molecule has 1 atom stereocenters. The maximum Gasteiger partial charge on any atom is 1.00 e. The summed E-state index contributed by atoms with van der Waals surface area (Å²) >= 11 is 0. The maximum absolute atomic E-state index is 11.6. The van der Waals surface area contributed by atoms with Crippen LogP contribution < -0.4 is 34.7 Å². The Morgan fingerprint density at radius 1 is 1.30 bits per heavy atom. The number of hydrogen-bond acceptors (Lipinski definition) is 3. The van der Waals surface area contributed by atoms with Gasteiger partial charge in [0, 0.05) is 17.8 Å². The van der Waals surface area contributed by atoms with Gasteiger partial charge in [-0.05, 0) is 30.4 Å². The second-order valence-electron chi connectivity index (χ2n) is 5.87. The third-order valence-electron chi connectivity index (χ3n) is 4.10.